The van der Waals surface area contributed by atoms with Crippen molar-refractivity contribution in [2.45, 2.75) is 60.8 Å². The van der Waals surface area contributed by atoms with Gasteiger partial charge < -0.3 is 29.7 Å². The molecule has 0 saturated carbocycles. The van der Waals surface area contributed by atoms with Crippen molar-refractivity contribution in [1.29, 1.82) is 0 Å². The van der Waals surface area contributed by atoms with Crippen LogP contribution in [0.25, 0.3) is 0 Å². The average Bonchev–Trinajstić information content (AvgIpc) is 2.47. The molecule has 10 heteroatoms. The number of Topliss-reactive ketones (excluding diaryl/α,β-unsaturated/α-hetero) is 3. The third kappa shape index (κ3) is 16.2. The van der Waals surface area contributed by atoms with Crippen LogP contribution < -0.4 is 15.3 Å². The van der Waals surface area contributed by atoms with Crippen LogP contribution in [0.1, 0.15) is 60.8 Å². The molecule has 3 atom stereocenters. The van der Waals surface area contributed by atoms with E-state index < -0.39 is 35.7 Å². The summed E-state index contributed by atoms with van der Waals surface area (Å²) >= 11 is 0. The Balaban J connectivity index is -0.000000152. The van der Waals surface area contributed by atoms with E-state index in [0.29, 0.717) is 19.3 Å². The van der Waals surface area contributed by atoms with Gasteiger partial charge in [0.15, 0.2) is 0 Å². The molecule has 0 radical (unpaired) electrons. The maximum Gasteiger partial charge on any atom is 3.00 e. The van der Waals surface area contributed by atoms with Crippen molar-refractivity contribution in [3.05, 3.63) is 0 Å². The molecule has 0 saturated heterocycles. The molecule has 0 amide bonds. The molecular formula is C18H27O9V. The molecule has 28 heavy (non-hydrogen) atoms. The Morgan fingerprint density at radius 1 is 0.536 bits per heavy atom. The average molecular weight is 438 g/mol. The zero-order valence-electron chi connectivity index (χ0n) is 17.0. The van der Waals surface area contributed by atoms with E-state index in [-0.39, 0.29) is 35.9 Å². The molecule has 0 aliphatic carbocycles. The van der Waals surface area contributed by atoms with E-state index >= 15 is 0 Å². The molecule has 0 bridgehead atoms. The minimum Gasteiger partial charge on any atom is -0.549 e. The second-order valence-corrected chi connectivity index (χ2v) is 5.67. The van der Waals surface area contributed by atoms with Gasteiger partial charge in [-0.25, -0.2) is 0 Å². The fourth-order valence-electron chi connectivity index (χ4n) is 1.86. The predicted octanol–water partition coefficient (Wildman–Crippen LogP) is -1.95. The van der Waals surface area contributed by atoms with E-state index in [9.17, 15) is 44.1 Å². The van der Waals surface area contributed by atoms with Gasteiger partial charge >= 0.3 is 18.6 Å². The van der Waals surface area contributed by atoms with E-state index in [2.05, 4.69) is 0 Å². The van der Waals surface area contributed by atoms with Crippen LogP contribution in [0.4, 0.5) is 0 Å². The first-order chi connectivity index (χ1) is 12.3. The number of hydrogen-bond acceptors (Lipinski definition) is 9. The second kappa shape index (κ2) is 18.4. The topological polar surface area (TPSA) is 172 Å². The Morgan fingerprint density at radius 2 is 0.679 bits per heavy atom. The van der Waals surface area contributed by atoms with E-state index in [1.54, 1.807) is 20.8 Å². The first kappa shape index (κ1) is 33.6. The van der Waals surface area contributed by atoms with Crippen LogP contribution in [0, 0.1) is 17.8 Å². The summed E-state index contributed by atoms with van der Waals surface area (Å²) in [5.74, 6) is -7.56. The van der Waals surface area contributed by atoms with Gasteiger partial charge in [-0.2, -0.15) is 0 Å². The van der Waals surface area contributed by atoms with Gasteiger partial charge in [0.05, 0.1) is 35.7 Å². The molecule has 0 aromatic heterocycles. The van der Waals surface area contributed by atoms with Gasteiger partial charge in [0.2, 0.25) is 0 Å². The first-order valence-corrected chi connectivity index (χ1v) is 8.42. The third-order valence-electron chi connectivity index (χ3n) is 3.55. The Hall–Kier alpha value is -2.00. The molecule has 0 N–H and O–H groups in total. The minimum absolute atomic E-state index is 0. The predicted molar refractivity (Wildman–Crippen MR) is 88.4 cm³/mol. The molecule has 0 heterocycles. The van der Waals surface area contributed by atoms with Crippen LogP contribution in [0.2, 0.25) is 0 Å². The SMILES string of the molecule is CCC(C(C)=O)C(=O)[O-].CCC(C(C)=O)C(=O)[O-].CCC(C(C)=O)C(=O)[O-].[V+3]. The molecule has 0 aromatic rings. The molecule has 0 spiro atoms. The summed E-state index contributed by atoms with van der Waals surface area (Å²) in [4.78, 5) is 61.3. The summed E-state index contributed by atoms with van der Waals surface area (Å²) < 4.78 is 0. The molecule has 0 aliphatic heterocycles. The first-order valence-electron chi connectivity index (χ1n) is 8.42. The van der Waals surface area contributed by atoms with Crippen molar-refractivity contribution in [3.8, 4) is 0 Å². The van der Waals surface area contributed by atoms with Gasteiger partial charge in [0.1, 0.15) is 17.3 Å². The largest absolute Gasteiger partial charge is 3.00 e. The van der Waals surface area contributed by atoms with Gasteiger partial charge in [0.25, 0.3) is 0 Å². The number of carbonyl (C=O) groups excluding carboxylic acids is 6. The minimum atomic E-state index is -1.27. The molecule has 158 valence electrons. The molecule has 3 unspecified atom stereocenters. The molecule has 9 nitrogen and oxygen atoms in total. The van der Waals surface area contributed by atoms with E-state index in [1.165, 1.54) is 20.8 Å². The fraction of sp³-hybridized carbons (Fsp3) is 0.667. The summed E-state index contributed by atoms with van der Waals surface area (Å²) in [6.45, 7) is 8.68. The van der Waals surface area contributed by atoms with E-state index in [1.807, 2.05) is 0 Å². The van der Waals surface area contributed by atoms with Crippen LogP contribution in [0.3, 0.4) is 0 Å². The standard InChI is InChI=1S/3C6H10O3.V/c3*1-3-5(4(2)7)6(8)9;/h3*5H,3H2,1-2H3,(H,8,9);/q;;;+3/p-3. The van der Waals surface area contributed by atoms with Gasteiger partial charge in [-0.3, -0.25) is 14.4 Å². The Bertz CT molecular complexity index is 425. The fourth-order valence-corrected chi connectivity index (χ4v) is 1.86. The van der Waals surface area contributed by atoms with Crippen molar-refractivity contribution in [2.24, 2.45) is 17.8 Å². The van der Waals surface area contributed by atoms with Gasteiger partial charge in [0, 0.05) is 0 Å². The Kier molecular flexibility index (Phi) is 22.0. The van der Waals surface area contributed by atoms with Crippen molar-refractivity contribution < 1.29 is 62.6 Å². The van der Waals surface area contributed by atoms with Crippen molar-refractivity contribution >= 4 is 35.3 Å². The third-order valence-corrected chi connectivity index (χ3v) is 3.55. The maximum atomic E-state index is 10.4. The van der Waals surface area contributed by atoms with Crippen molar-refractivity contribution in [2.75, 3.05) is 0 Å². The number of hydrogen-bond donors (Lipinski definition) is 0. The number of ketones is 3. The Labute approximate surface area is 176 Å². The van der Waals surface area contributed by atoms with Crippen LogP contribution in [0.15, 0.2) is 0 Å². The summed E-state index contributed by atoms with van der Waals surface area (Å²) in [7, 11) is 0. The van der Waals surface area contributed by atoms with Gasteiger partial charge in [-0.15, -0.1) is 0 Å². The molecular weight excluding hydrogens is 411 g/mol. The van der Waals surface area contributed by atoms with Crippen molar-refractivity contribution in [1.82, 2.24) is 0 Å². The summed E-state index contributed by atoms with van der Waals surface area (Å²) in [5, 5.41) is 30.1. The van der Waals surface area contributed by atoms with Crippen LogP contribution in [0.5, 0.6) is 0 Å². The molecule has 0 aliphatic rings. The summed E-state index contributed by atoms with van der Waals surface area (Å²) in [6, 6.07) is 0. The smallest absolute Gasteiger partial charge is 0.549 e. The molecule has 0 aromatic carbocycles. The molecule has 0 rings (SSSR count). The van der Waals surface area contributed by atoms with Crippen LogP contribution in [-0.2, 0) is 47.3 Å². The maximum absolute atomic E-state index is 10.4. The van der Waals surface area contributed by atoms with Crippen LogP contribution in [-0.4, -0.2) is 35.3 Å². The zero-order valence-corrected chi connectivity index (χ0v) is 18.4. The number of carboxylic acids is 3. The number of carbonyl (C=O) groups is 6. The summed E-state index contributed by atoms with van der Waals surface area (Å²) in [5.41, 5.74) is 0. The number of aliphatic carboxylic acids is 3. The summed E-state index contributed by atoms with van der Waals surface area (Å²) in [6.07, 6.45) is 0.951. The van der Waals surface area contributed by atoms with Gasteiger partial charge in [-0.05, 0) is 40.0 Å². The monoisotopic (exact) mass is 438 g/mol. The quantitative estimate of drug-likeness (QED) is 0.371. The van der Waals surface area contributed by atoms with E-state index in [4.69, 9.17) is 0 Å². The number of rotatable bonds is 9. The molecule has 0 fully saturated rings. The van der Waals surface area contributed by atoms with Crippen molar-refractivity contribution in [3.63, 3.8) is 0 Å². The van der Waals surface area contributed by atoms with E-state index in [0.717, 1.165) is 0 Å². The van der Waals surface area contributed by atoms with Crippen LogP contribution >= 0.6 is 0 Å². The zero-order chi connectivity index (χ0) is 22.3. The second-order valence-electron chi connectivity index (χ2n) is 5.67. The Morgan fingerprint density at radius 3 is 0.679 bits per heavy atom. The normalized spacial score (nSPS) is 12.2. The number of carboxylic acid groups (broad SMARTS) is 3. The van der Waals surface area contributed by atoms with Gasteiger partial charge in [-0.1, -0.05) is 20.8 Å².